The van der Waals surface area contributed by atoms with Crippen molar-refractivity contribution in [1.29, 1.82) is 0 Å². The van der Waals surface area contributed by atoms with Gasteiger partial charge in [-0.25, -0.2) is 4.98 Å². The molecule has 4 heteroatoms. The molecule has 0 aliphatic heterocycles. The summed E-state index contributed by atoms with van der Waals surface area (Å²) in [4.78, 5) is 4.52. The first-order chi connectivity index (χ1) is 8.29. The van der Waals surface area contributed by atoms with Gasteiger partial charge in [0.25, 0.3) is 0 Å². The maximum atomic E-state index is 4.52. The van der Waals surface area contributed by atoms with Crippen LogP contribution in [0.25, 0.3) is 0 Å². The van der Waals surface area contributed by atoms with E-state index in [4.69, 9.17) is 0 Å². The van der Waals surface area contributed by atoms with Gasteiger partial charge in [0.05, 0.1) is 0 Å². The summed E-state index contributed by atoms with van der Waals surface area (Å²) in [6, 6.07) is 0.657. The molecule has 1 saturated carbocycles. The molecule has 1 aromatic heterocycles. The fraction of sp³-hybridized carbons (Fsp3) is 0.769. The first-order valence-electron chi connectivity index (χ1n) is 6.52. The normalized spacial score (nSPS) is 19.4. The molecule has 0 bridgehead atoms. The van der Waals surface area contributed by atoms with Gasteiger partial charge in [0.1, 0.15) is 4.34 Å². The van der Waals surface area contributed by atoms with E-state index >= 15 is 0 Å². The van der Waals surface area contributed by atoms with Crippen LogP contribution in [0, 0.1) is 12.8 Å². The van der Waals surface area contributed by atoms with Gasteiger partial charge in [0.15, 0.2) is 0 Å². The number of rotatable bonds is 5. The molecule has 1 N–H and O–H groups in total. The molecule has 17 heavy (non-hydrogen) atoms. The van der Waals surface area contributed by atoms with Gasteiger partial charge in [-0.1, -0.05) is 31.0 Å². The molecule has 1 aliphatic carbocycles. The largest absolute Gasteiger partial charge is 0.316 e. The second-order valence-electron chi connectivity index (χ2n) is 4.86. The minimum absolute atomic E-state index is 0.657. The predicted molar refractivity (Wildman–Crippen MR) is 77.0 cm³/mol. The minimum atomic E-state index is 0.657. The van der Waals surface area contributed by atoms with E-state index in [0.717, 1.165) is 17.4 Å². The lowest BCUT2D eigenvalue weighted by molar-refractivity contribution is 0.294. The number of hydrogen-bond acceptors (Lipinski definition) is 4. The second-order valence-corrected chi connectivity index (χ2v) is 6.98. The average molecular weight is 270 g/mol. The van der Waals surface area contributed by atoms with Crippen LogP contribution in [0.3, 0.4) is 0 Å². The van der Waals surface area contributed by atoms with E-state index in [1.807, 2.05) is 11.8 Å². The maximum absolute atomic E-state index is 4.52. The van der Waals surface area contributed by atoms with Crippen LogP contribution in [0.2, 0.25) is 0 Å². The zero-order valence-electron chi connectivity index (χ0n) is 10.7. The molecular weight excluding hydrogens is 248 g/mol. The van der Waals surface area contributed by atoms with Crippen LogP contribution in [0.4, 0.5) is 0 Å². The van der Waals surface area contributed by atoms with Crippen molar-refractivity contribution in [2.24, 2.45) is 5.92 Å². The zero-order valence-corrected chi connectivity index (χ0v) is 12.4. The van der Waals surface area contributed by atoms with Gasteiger partial charge in [0, 0.05) is 22.9 Å². The van der Waals surface area contributed by atoms with Gasteiger partial charge in [-0.2, -0.15) is 0 Å². The SMILES string of the molecule is CNC(CSc1nc(C)cs1)C1CCCCC1. The Hall–Kier alpha value is -0.0600. The maximum Gasteiger partial charge on any atom is 0.150 e. The van der Waals surface area contributed by atoms with Crippen molar-refractivity contribution < 1.29 is 0 Å². The highest BCUT2D eigenvalue weighted by Crippen LogP contribution is 2.30. The Morgan fingerprint density at radius 1 is 1.47 bits per heavy atom. The van der Waals surface area contributed by atoms with E-state index in [1.54, 1.807) is 11.3 Å². The molecule has 2 rings (SSSR count). The van der Waals surface area contributed by atoms with Crippen LogP contribution < -0.4 is 5.32 Å². The third kappa shape index (κ3) is 3.97. The molecule has 1 atom stereocenters. The van der Waals surface area contributed by atoms with Gasteiger partial charge < -0.3 is 5.32 Å². The van der Waals surface area contributed by atoms with Crippen LogP contribution >= 0.6 is 23.1 Å². The molecule has 96 valence electrons. The van der Waals surface area contributed by atoms with Gasteiger partial charge in [-0.15, -0.1) is 11.3 Å². The lowest BCUT2D eigenvalue weighted by Crippen LogP contribution is -2.36. The lowest BCUT2D eigenvalue weighted by Gasteiger charge is -2.29. The first kappa shape index (κ1) is 13.4. The molecule has 1 fully saturated rings. The van der Waals surface area contributed by atoms with Gasteiger partial charge in [-0.05, 0) is 32.7 Å². The van der Waals surface area contributed by atoms with Crippen LogP contribution in [-0.2, 0) is 0 Å². The number of thiazole rings is 1. The molecule has 2 nitrogen and oxygen atoms in total. The van der Waals surface area contributed by atoms with E-state index < -0.39 is 0 Å². The molecule has 0 saturated heterocycles. The summed E-state index contributed by atoms with van der Waals surface area (Å²) < 4.78 is 1.22. The summed E-state index contributed by atoms with van der Waals surface area (Å²) >= 11 is 3.69. The Balaban J connectivity index is 1.82. The first-order valence-corrected chi connectivity index (χ1v) is 8.38. The molecule has 1 aromatic rings. The van der Waals surface area contributed by atoms with Crippen molar-refractivity contribution >= 4 is 23.1 Å². The van der Waals surface area contributed by atoms with Crippen LogP contribution in [-0.4, -0.2) is 23.8 Å². The van der Waals surface area contributed by atoms with Crippen LogP contribution in [0.1, 0.15) is 37.8 Å². The van der Waals surface area contributed by atoms with Crippen molar-refractivity contribution in [3.05, 3.63) is 11.1 Å². The van der Waals surface area contributed by atoms with Crippen LogP contribution in [0.5, 0.6) is 0 Å². The topological polar surface area (TPSA) is 24.9 Å². The third-order valence-corrected chi connectivity index (χ3v) is 5.83. The molecular formula is C13H22N2S2. The van der Waals surface area contributed by atoms with Crippen molar-refractivity contribution in [2.75, 3.05) is 12.8 Å². The zero-order chi connectivity index (χ0) is 12.1. The van der Waals surface area contributed by atoms with Gasteiger partial charge in [-0.3, -0.25) is 0 Å². The van der Waals surface area contributed by atoms with Crippen LogP contribution in [0.15, 0.2) is 9.72 Å². The minimum Gasteiger partial charge on any atom is -0.316 e. The Morgan fingerprint density at radius 2 is 2.24 bits per heavy atom. The highest BCUT2D eigenvalue weighted by molar-refractivity contribution is 8.01. The van der Waals surface area contributed by atoms with Crippen molar-refractivity contribution in [3.8, 4) is 0 Å². The molecule has 1 heterocycles. The molecule has 1 unspecified atom stereocenters. The summed E-state index contributed by atoms with van der Waals surface area (Å²) in [6.07, 6.45) is 7.09. The summed E-state index contributed by atoms with van der Waals surface area (Å²) in [6.45, 7) is 2.07. The quantitative estimate of drug-likeness (QED) is 0.826. The molecule has 1 aliphatic rings. The van der Waals surface area contributed by atoms with Crippen molar-refractivity contribution in [2.45, 2.75) is 49.4 Å². The fourth-order valence-corrected chi connectivity index (χ4v) is 4.66. The third-order valence-electron chi connectivity index (χ3n) is 3.57. The van der Waals surface area contributed by atoms with E-state index in [9.17, 15) is 0 Å². The Bertz CT molecular complexity index is 332. The van der Waals surface area contributed by atoms with Crippen molar-refractivity contribution in [1.82, 2.24) is 10.3 Å². The molecule has 0 aromatic carbocycles. The summed E-state index contributed by atoms with van der Waals surface area (Å²) in [5.41, 5.74) is 1.15. The highest BCUT2D eigenvalue weighted by atomic mass is 32.2. The predicted octanol–water partition coefficient (Wildman–Crippen LogP) is 3.71. The number of aromatic nitrogens is 1. The second kappa shape index (κ2) is 6.76. The standard InChI is InChI=1S/C13H22N2S2/c1-10-8-16-13(15-10)17-9-12(14-2)11-6-4-3-5-7-11/h8,11-12,14H,3-7,9H2,1-2H3. The molecule has 0 spiro atoms. The molecule has 0 radical (unpaired) electrons. The number of aryl methyl sites for hydroxylation is 1. The lowest BCUT2D eigenvalue weighted by atomic mass is 9.84. The van der Waals surface area contributed by atoms with E-state index in [0.29, 0.717) is 6.04 Å². The molecule has 0 amide bonds. The Labute approximate surface area is 113 Å². The smallest absolute Gasteiger partial charge is 0.150 e. The number of nitrogens with zero attached hydrogens (tertiary/aromatic N) is 1. The summed E-state index contributed by atoms with van der Waals surface area (Å²) in [7, 11) is 2.10. The number of thioether (sulfide) groups is 1. The number of hydrogen-bond donors (Lipinski definition) is 1. The summed E-state index contributed by atoms with van der Waals surface area (Å²) in [5, 5.41) is 5.64. The number of nitrogens with one attached hydrogen (secondary N) is 1. The Kier molecular flexibility index (Phi) is 5.32. The Morgan fingerprint density at radius 3 is 2.82 bits per heavy atom. The van der Waals surface area contributed by atoms with E-state index in [2.05, 4.69) is 29.7 Å². The average Bonchev–Trinajstić information content (AvgIpc) is 2.77. The van der Waals surface area contributed by atoms with E-state index in [1.165, 1.54) is 36.4 Å². The van der Waals surface area contributed by atoms with E-state index in [-0.39, 0.29) is 0 Å². The monoisotopic (exact) mass is 270 g/mol. The van der Waals surface area contributed by atoms with Gasteiger partial charge in [0.2, 0.25) is 0 Å². The van der Waals surface area contributed by atoms with Crippen molar-refractivity contribution in [3.63, 3.8) is 0 Å². The highest BCUT2D eigenvalue weighted by Gasteiger charge is 2.22. The van der Waals surface area contributed by atoms with Gasteiger partial charge >= 0.3 is 0 Å². The fourth-order valence-electron chi connectivity index (χ4n) is 2.55. The summed E-state index contributed by atoms with van der Waals surface area (Å²) in [5.74, 6) is 2.04.